The number of hydrogen-bond donors (Lipinski definition) is 3. The van der Waals surface area contributed by atoms with Crippen molar-refractivity contribution >= 4 is 34.3 Å². The van der Waals surface area contributed by atoms with Crippen LogP contribution in [0.1, 0.15) is 38.0 Å². The third-order valence-electron chi connectivity index (χ3n) is 6.65. The van der Waals surface area contributed by atoms with E-state index in [1.54, 1.807) is 13.1 Å². The van der Waals surface area contributed by atoms with E-state index < -0.39 is 6.10 Å². The molecule has 0 amide bonds. The fourth-order valence-corrected chi connectivity index (χ4v) is 4.66. The molecule has 5 rings (SSSR count). The molecule has 0 bridgehead atoms. The van der Waals surface area contributed by atoms with Crippen LogP contribution in [0.4, 0.5) is 23.4 Å². The second kappa shape index (κ2) is 10.6. The Bertz CT molecular complexity index is 1130. The highest BCUT2D eigenvalue weighted by Gasteiger charge is 2.20. The molecule has 2 aliphatic heterocycles. The molecule has 2 fully saturated rings. The van der Waals surface area contributed by atoms with Crippen molar-refractivity contribution in [3.8, 4) is 0 Å². The van der Waals surface area contributed by atoms with Crippen LogP contribution in [0.15, 0.2) is 24.4 Å². The molecule has 1 unspecified atom stereocenters. The number of pyridine rings is 1. The fraction of sp³-hybridized carbons (Fsp3) is 0.542. The van der Waals surface area contributed by atoms with Gasteiger partial charge in [0.1, 0.15) is 5.52 Å². The van der Waals surface area contributed by atoms with Crippen molar-refractivity contribution in [1.82, 2.24) is 30.0 Å². The molecule has 3 aromatic rings. The van der Waals surface area contributed by atoms with Crippen molar-refractivity contribution in [2.24, 2.45) is 0 Å². The molecule has 0 radical (unpaired) electrons. The van der Waals surface area contributed by atoms with Gasteiger partial charge in [-0.3, -0.25) is 4.90 Å². The maximum Gasteiger partial charge on any atom is 0.229 e. The Labute approximate surface area is 204 Å². The molecule has 0 spiro atoms. The number of β-amino-alcohol motifs (C(OH)–C–C–N with tert-alkyl or cyclic N) is 1. The normalized spacial score (nSPS) is 18.1. The predicted molar refractivity (Wildman–Crippen MR) is 135 cm³/mol. The molecule has 11 nitrogen and oxygen atoms in total. The number of fused-ring (bicyclic) bond motifs is 1. The number of aliphatic hydroxyl groups is 2. The maximum absolute atomic E-state index is 10.1. The van der Waals surface area contributed by atoms with Gasteiger partial charge >= 0.3 is 0 Å². The molecule has 186 valence electrons. The summed E-state index contributed by atoms with van der Waals surface area (Å²) in [6.07, 6.45) is 4.57. The Morgan fingerprint density at radius 2 is 1.77 bits per heavy atom. The van der Waals surface area contributed by atoms with Crippen LogP contribution in [-0.2, 0) is 0 Å². The van der Waals surface area contributed by atoms with Crippen LogP contribution >= 0.6 is 0 Å². The van der Waals surface area contributed by atoms with E-state index >= 15 is 0 Å². The van der Waals surface area contributed by atoms with Crippen LogP contribution in [-0.4, -0.2) is 92.7 Å². The zero-order valence-corrected chi connectivity index (χ0v) is 20.1. The largest absolute Gasteiger partial charge is 0.395 e. The number of piperidine rings is 1. The lowest BCUT2D eigenvalue weighted by Crippen LogP contribution is -2.47. The Kier molecular flexibility index (Phi) is 7.16. The van der Waals surface area contributed by atoms with Gasteiger partial charge in [0.2, 0.25) is 5.95 Å². The summed E-state index contributed by atoms with van der Waals surface area (Å²) in [5.41, 5.74) is 1.39. The first-order valence-corrected chi connectivity index (χ1v) is 12.4. The van der Waals surface area contributed by atoms with E-state index in [1.165, 1.54) is 6.42 Å². The number of aromatic nitrogens is 5. The summed E-state index contributed by atoms with van der Waals surface area (Å²) < 4.78 is 0. The van der Waals surface area contributed by atoms with Gasteiger partial charge in [-0.1, -0.05) is 0 Å². The molecule has 2 saturated heterocycles. The zero-order chi connectivity index (χ0) is 24.2. The molecule has 3 N–H and O–H groups in total. The standard InChI is InChI=1S/C24H33N9O2/c1-17(35)19-15-18-16-25-24(28-22(18)23(26-19)33-7-3-2-4-8-33)27-20-5-6-21(30-29-20)32-11-9-31(10-12-32)13-14-34/h5-6,15-17,34-35H,2-4,7-14H2,1H3,(H,25,27,28,29). The lowest BCUT2D eigenvalue weighted by molar-refractivity contribution is 0.188. The summed E-state index contributed by atoms with van der Waals surface area (Å²) in [6, 6.07) is 5.69. The second-order valence-corrected chi connectivity index (χ2v) is 9.18. The zero-order valence-electron chi connectivity index (χ0n) is 20.1. The summed E-state index contributed by atoms with van der Waals surface area (Å²) in [5.74, 6) is 2.63. The molecule has 3 aromatic heterocycles. The SMILES string of the molecule is CC(O)c1cc2cnc(Nc3ccc(N4CCN(CCO)CC4)nn3)nc2c(N2CCCCC2)n1. The summed E-state index contributed by atoms with van der Waals surface area (Å²) in [4.78, 5) is 20.7. The number of hydrogen-bond acceptors (Lipinski definition) is 11. The Hall–Kier alpha value is -3.15. The van der Waals surface area contributed by atoms with E-state index in [1.807, 2.05) is 18.2 Å². The van der Waals surface area contributed by atoms with Crippen LogP contribution in [0.2, 0.25) is 0 Å². The molecule has 35 heavy (non-hydrogen) atoms. The quantitative estimate of drug-likeness (QED) is 0.458. The monoisotopic (exact) mass is 479 g/mol. The minimum Gasteiger partial charge on any atom is -0.395 e. The van der Waals surface area contributed by atoms with E-state index in [0.29, 0.717) is 24.0 Å². The molecule has 11 heteroatoms. The van der Waals surface area contributed by atoms with Gasteiger partial charge in [0.05, 0.1) is 18.4 Å². The number of rotatable bonds is 7. The van der Waals surface area contributed by atoms with E-state index in [0.717, 1.165) is 74.6 Å². The molecule has 2 aliphatic rings. The smallest absolute Gasteiger partial charge is 0.229 e. The molecule has 1 atom stereocenters. The maximum atomic E-state index is 10.1. The Morgan fingerprint density at radius 1 is 0.971 bits per heavy atom. The highest BCUT2D eigenvalue weighted by molar-refractivity contribution is 5.89. The molecular weight excluding hydrogens is 446 g/mol. The van der Waals surface area contributed by atoms with Gasteiger partial charge in [0.15, 0.2) is 17.5 Å². The first-order chi connectivity index (χ1) is 17.1. The first kappa shape index (κ1) is 23.6. The molecule has 0 saturated carbocycles. The van der Waals surface area contributed by atoms with Gasteiger partial charge in [-0.2, -0.15) is 0 Å². The van der Waals surface area contributed by atoms with E-state index in [9.17, 15) is 5.11 Å². The number of nitrogens with zero attached hydrogens (tertiary/aromatic N) is 8. The van der Waals surface area contributed by atoms with Crippen LogP contribution in [0, 0.1) is 0 Å². The van der Waals surface area contributed by atoms with Crippen molar-refractivity contribution in [2.45, 2.75) is 32.3 Å². The van der Waals surface area contributed by atoms with Crippen molar-refractivity contribution in [2.75, 3.05) is 67.5 Å². The molecule has 0 aliphatic carbocycles. The van der Waals surface area contributed by atoms with Crippen LogP contribution in [0.5, 0.6) is 0 Å². The van der Waals surface area contributed by atoms with Gasteiger partial charge in [0.25, 0.3) is 0 Å². The van der Waals surface area contributed by atoms with Crippen LogP contribution in [0.25, 0.3) is 10.9 Å². The van der Waals surface area contributed by atoms with Gasteiger partial charge < -0.3 is 25.3 Å². The van der Waals surface area contributed by atoms with E-state index in [-0.39, 0.29) is 6.61 Å². The lowest BCUT2D eigenvalue weighted by Gasteiger charge is -2.34. The number of anilines is 4. The Morgan fingerprint density at radius 3 is 2.46 bits per heavy atom. The topological polar surface area (TPSA) is 127 Å². The molecule has 0 aromatic carbocycles. The first-order valence-electron chi connectivity index (χ1n) is 12.4. The van der Waals surface area contributed by atoms with Crippen LogP contribution < -0.4 is 15.1 Å². The van der Waals surface area contributed by atoms with E-state index in [4.69, 9.17) is 15.1 Å². The highest BCUT2D eigenvalue weighted by Crippen LogP contribution is 2.29. The van der Waals surface area contributed by atoms with Crippen molar-refractivity contribution < 1.29 is 10.2 Å². The van der Waals surface area contributed by atoms with Gasteiger partial charge in [-0.25, -0.2) is 15.0 Å². The minimum atomic E-state index is -0.660. The van der Waals surface area contributed by atoms with Gasteiger partial charge in [-0.15, -0.1) is 10.2 Å². The lowest BCUT2D eigenvalue weighted by atomic mass is 10.1. The van der Waals surface area contributed by atoms with Crippen LogP contribution in [0.3, 0.4) is 0 Å². The molecule has 5 heterocycles. The van der Waals surface area contributed by atoms with Crippen molar-refractivity contribution in [1.29, 1.82) is 0 Å². The summed E-state index contributed by atoms with van der Waals surface area (Å²) in [7, 11) is 0. The third-order valence-corrected chi connectivity index (χ3v) is 6.65. The van der Waals surface area contributed by atoms with E-state index in [2.05, 4.69) is 35.2 Å². The Balaban J connectivity index is 1.34. The average molecular weight is 480 g/mol. The minimum absolute atomic E-state index is 0.189. The third kappa shape index (κ3) is 5.42. The summed E-state index contributed by atoms with van der Waals surface area (Å²) >= 11 is 0. The highest BCUT2D eigenvalue weighted by atomic mass is 16.3. The summed E-state index contributed by atoms with van der Waals surface area (Å²) in [6.45, 7) is 8.00. The van der Waals surface area contributed by atoms with Crippen molar-refractivity contribution in [3.05, 3.63) is 30.1 Å². The fourth-order valence-electron chi connectivity index (χ4n) is 4.66. The number of piperazine rings is 1. The average Bonchev–Trinajstić information content (AvgIpc) is 2.90. The van der Waals surface area contributed by atoms with Gasteiger partial charge in [0, 0.05) is 57.4 Å². The predicted octanol–water partition coefficient (Wildman–Crippen LogP) is 1.72. The molecular formula is C24H33N9O2. The van der Waals surface area contributed by atoms with Crippen molar-refractivity contribution in [3.63, 3.8) is 0 Å². The number of nitrogens with one attached hydrogen (secondary N) is 1. The van der Waals surface area contributed by atoms with Gasteiger partial charge in [-0.05, 0) is 44.4 Å². The number of aliphatic hydroxyl groups excluding tert-OH is 2. The summed E-state index contributed by atoms with van der Waals surface area (Å²) in [5, 5.41) is 32.0. The second-order valence-electron chi connectivity index (χ2n) is 9.18.